The zero-order chi connectivity index (χ0) is 28.7. The number of aliphatic hydroxyl groups excluding tert-OH is 1. The van der Waals surface area contributed by atoms with Gasteiger partial charge in [0, 0.05) is 5.39 Å². The fraction of sp³-hybridized carbons (Fsp3) is 0.214. The number of amides is 1. The highest BCUT2D eigenvalue weighted by Crippen LogP contribution is 2.48. The van der Waals surface area contributed by atoms with Crippen molar-refractivity contribution in [2.24, 2.45) is 0 Å². The van der Waals surface area contributed by atoms with E-state index in [1.54, 1.807) is 49.4 Å². The number of hydrogen-bond acceptors (Lipinski definition) is 11. The van der Waals surface area contributed by atoms with Gasteiger partial charge in [-0.1, -0.05) is 29.5 Å². The second-order valence-corrected chi connectivity index (χ2v) is 9.66. The summed E-state index contributed by atoms with van der Waals surface area (Å²) in [6.07, 6.45) is 0. The fourth-order valence-corrected chi connectivity index (χ4v) is 5.61. The van der Waals surface area contributed by atoms with Crippen LogP contribution < -0.4 is 19.1 Å². The molecule has 40 heavy (non-hydrogen) atoms. The van der Waals surface area contributed by atoms with Gasteiger partial charge in [0.15, 0.2) is 28.1 Å². The number of hydrogen-bond donors (Lipinski definition) is 1. The molecule has 0 radical (unpaired) electrons. The van der Waals surface area contributed by atoms with Crippen LogP contribution in [0.25, 0.3) is 11.0 Å². The molecule has 206 valence electrons. The minimum absolute atomic E-state index is 0.0691. The molecule has 1 aliphatic heterocycles. The minimum atomic E-state index is -1.20. The Labute approximate surface area is 232 Å². The maximum absolute atomic E-state index is 13.9. The summed E-state index contributed by atoms with van der Waals surface area (Å²) in [4.78, 5) is 45.6. The van der Waals surface area contributed by atoms with Crippen LogP contribution in [0.5, 0.6) is 17.2 Å². The number of nitrogens with zero attached hydrogens (tertiary/aromatic N) is 2. The van der Waals surface area contributed by atoms with E-state index in [0.717, 1.165) is 16.2 Å². The predicted octanol–water partition coefficient (Wildman–Crippen LogP) is 4.79. The van der Waals surface area contributed by atoms with Gasteiger partial charge in [-0.05, 0) is 36.8 Å². The molecule has 0 aliphatic carbocycles. The average Bonchev–Trinajstić information content (AvgIpc) is 3.65. The van der Waals surface area contributed by atoms with Crippen LogP contribution in [0.4, 0.5) is 5.13 Å². The zero-order valence-corrected chi connectivity index (χ0v) is 23.0. The first-order valence-electron chi connectivity index (χ1n) is 11.9. The fourth-order valence-electron chi connectivity index (χ4n) is 4.60. The molecular formula is C28H24N2O9S. The standard InChI is InChI=1S/C28H24N2O9S/c1-13-25(27(34)38-5)40-28(29-13)30-21(15-11-18(35-2)24(37-4)19(12-15)36-3)20(23(32)26(30)33)22(31)17-10-14-8-6-7-9-16(14)39-17/h6-12,21,32H,1-5H3. The van der Waals surface area contributed by atoms with Crippen LogP contribution in [-0.4, -0.2) is 56.2 Å². The number of furan rings is 1. The number of aliphatic hydroxyl groups is 1. The smallest absolute Gasteiger partial charge is 0.350 e. The van der Waals surface area contributed by atoms with E-state index in [1.165, 1.54) is 28.4 Å². The van der Waals surface area contributed by atoms with Crippen molar-refractivity contribution in [1.29, 1.82) is 0 Å². The second kappa shape index (κ2) is 10.4. The lowest BCUT2D eigenvalue weighted by atomic mass is 9.94. The number of esters is 1. The first-order chi connectivity index (χ1) is 19.2. The summed E-state index contributed by atoms with van der Waals surface area (Å²) in [6.45, 7) is 1.59. The Bertz CT molecular complexity index is 1640. The van der Waals surface area contributed by atoms with E-state index in [2.05, 4.69) is 4.98 Å². The van der Waals surface area contributed by atoms with Crippen LogP contribution in [0.1, 0.15) is 37.5 Å². The number of rotatable bonds is 8. The van der Waals surface area contributed by atoms with Gasteiger partial charge in [-0.25, -0.2) is 9.78 Å². The molecular weight excluding hydrogens is 540 g/mol. The number of anilines is 1. The number of methoxy groups -OCH3 is 4. The maximum atomic E-state index is 13.9. The van der Waals surface area contributed by atoms with Gasteiger partial charge in [-0.2, -0.15) is 0 Å². The summed E-state index contributed by atoms with van der Waals surface area (Å²) in [5, 5.41) is 11.9. The van der Waals surface area contributed by atoms with Crippen molar-refractivity contribution in [1.82, 2.24) is 4.98 Å². The van der Waals surface area contributed by atoms with Gasteiger partial charge in [0.2, 0.25) is 11.5 Å². The van der Waals surface area contributed by atoms with E-state index in [-0.39, 0.29) is 32.8 Å². The van der Waals surface area contributed by atoms with Crippen molar-refractivity contribution < 1.29 is 42.9 Å². The highest BCUT2D eigenvalue weighted by molar-refractivity contribution is 7.17. The summed E-state index contributed by atoms with van der Waals surface area (Å²) in [7, 11) is 5.54. The molecule has 0 saturated heterocycles. The van der Waals surface area contributed by atoms with E-state index in [1.807, 2.05) is 0 Å². The Morgan fingerprint density at radius 2 is 1.70 bits per heavy atom. The lowest BCUT2D eigenvalue weighted by Crippen LogP contribution is -2.31. The van der Waals surface area contributed by atoms with E-state index in [0.29, 0.717) is 28.0 Å². The number of aryl methyl sites for hydroxylation is 1. The van der Waals surface area contributed by atoms with Crippen molar-refractivity contribution in [3.8, 4) is 17.2 Å². The Morgan fingerprint density at radius 3 is 2.30 bits per heavy atom. The Morgan fingerprint density at radius 1 is 1.02 bits per heavy atom. The first-order valence-corrected chi connectivity index (χ1v) is 12.7. The van der Waals surface area contributed by atoms with Crippen molar-refractivity contribution in [2.45, 2.75) is 13.0 Å². The van der Waals surface area contributed by atoms with Crippen molar-refractivity contribution in [3.63, 3.8) is 0 Å². The second-order valence-electron chi connectivity index (χ2n) is 8.68. The number of ether oxygens (including phenoxy) is 4. The third kappa shape index (κ3) is 4.22. The van der Waals surface area contributed by atoms with Crippen LogP contribution in [0.15, 0.2) is 58.2 Å². The third-order valence-corrected chi connectivity index (χ3v) is 7.60. The number of ketones is 1. The molecule has 12 heteroatoms. The number of para-hydroxylation sites is 1. The number of benzene rings is 2. The molecule has 0 fully saturated rings. The molecule has 11 nitrogen and oxygen atoms in total. The number of aromatic nitrogens is 1. The zero-order valence-electron chi connectivity index (χ0n) is 22.1. The van der Waals surface area contributed by atoms with Gasteiger partial charge in [-0.15, -0.1) is 0 Å². The molecule has 1 aliphatic rings. The van der Waals surface area contributed by atoms with Gasteiger partial charge in [0.25, 0.3) is 5.91 Å². The van der Waals surface area contributed by atoms with Gasteiger partial charge < -0.3 is 28.5 Å². The van der Waals surface area contributed by atoms with Gasteiger partial charge >= 0.3 is 5.97 Å². The van der Waals surface area contributed by atoms with Crippen molar-refractivity contribution >= 4 is 45.1 Å². The Balaban J connectivity index is 1.72. The van der Waals surface area contributed by atoms with E-state index >= 15 is 0 Å². The molecule has 0 spiro atoms. The van der Waals surface area contributed by atoms with Crippen LogP contribution >= 0.6 is 11.3 Å². The summed E-state index contributed by atoms with van der Waals surface area (Å²) in [6, 6.07) is 10.5. The van der Waals surface area contributed by atoms with Crippen molar-refractivity contribution in [2.75, 3.05) is 33.3 Å². The normalized spacial score (nSPS) is 15.1. The summed E-state index contributed by atoms with van der Waals surface area (Å²) in [5.41, 5.74) is 0.888. The lowest BCUT2D eigenvalue weighted by molar-refractivity contribution is -0.117. The Kier molecular flexibility index (Phi) is 6.94. The molecule has 0 saturated carbocycles. The average molecular weight is 565 g/mol. The largest absolute Gasteiger partial charge is 0.503 e. The van der Waals surface area contributed by atoms with E-state index in [9.17, 15) is 19.5 Å². The monoisotopic (exact) mass is 564 g/mol. The lowest BCUT2D eigenvalue weighted by Gasteiger charge is -2.25. The summed E-state index contributed by atoms with van der Waals surface area (Å²) < 4.78 is 27.0. The number of carbonyl (C=O) groups is 3. The van der Waals surface area contributed by atoms with Crippen LogP contribution in [0.3, 0.4) is 0 Å². The summed E-state index contributed by atoms with van der Waals surface area (Å²) in [5.74, 6) is -2.26. The molecule has 0 bridgehead atoms. The third-order valence-electron chi connectivity index (χ3n) is 6.47. The molecule has 2 aromatic carbocycles. The maximum Gasteiger partial charge on any atom is 0.350 e. The van der Waals surface area contributed by atoms with Gasteiger partial charge in [0.05, 0.1) is 45.7 Å². The predicted molar refractivity (Wildman–Crippen MR) is 145 cm³/mol. The molecule has 2 aromatic heterocycles. The van der Waals surface area contributed by atoms with Gasteiger partial charge in [-0.3, -0.25) is 14.5 Å². The SMILES string of the molecule is COC(=O)c1sc(N2C(=O)C(O)=C(C(=O)c3cc4ccccc4o3)C2c2cc(OC)c(OC)c(OC)c2)nc1C. The molecule has 5 rings (SSSR count). The highest BCUT2D eigenvalue weighted by Gasteiger charge is 2.47. The molecule has 1 amide bonds. The summed E-state index contributed by atoms with van der Waals surface area (Å²) >= 11 is 0.894. The van der Waals surface area contributed by atoms with Crippen LogP contribution in [0.2, 0.25) is 0 Å². The highest BCUT2D eigenvalue weighted by atomic mass is 32.1. The number of thiazole rings is 1. The van der Waals surface area contributed by atoms with E-state index in [4.69, 9.17) is 23.4 Å². The van der Waals surface area contributed by atoms with Crippen LogP contribution in [0, 0.1) is 6.92 Å². The van der Waals surface area contributed by atoms with Gasteiger partial charge in [0.1, 0.15) is 10.5 Å². The number of carbonyl (C=O) groups excluding carboxylic acids is 3. The number of fused-ring (bicyclic) bond motifs is 1. The molecule has 1 N–H and O–H groups in total. The quantitative estimate of drug-likeness (QED) is 0.235. The Hall–Kier alpha value is -4.84. The van der Waals surface area contributed by atoms with Crippen molar-refractivity contribution in [3.05, 3.63) is 75.7 Å². The van der Waals surface area contributed by atoms with E-state index < -0.39 is 29.5 Å². The molecule has 1 unspecified atom stereocenters. The molecule has 3 heterocycles. The van der Waals surface area contributed by atoms with Crippen LogP contribution in [-0.2, 0) is 9.53 Å². The molecule has 4 aromatic rings. The first kappa shape index (κ1) is 26.8. The molecule has 1 atom stereocenters. The topological polar surface area (TPSA) is 138 Å². The minimum Gasteiger partial charge on any atom is -0.503 e. The number of Topliss-reactive ketones (excluding diaryl/α,β-unsaturated/α-hetero) is 1.